The van der Waals surface area contributed by atoms with Crippen LogP contribution < -0.4 is 5.32 Å². The van der Waals surface area contributed by atoms with E-state index in [4.69, 9.17) is 5.11 Å². The van der Waals surface area contributed by atoms with Crippen molar-refractivity contribution in [2.24, 2.45) is 0 Å². The van der Waals surface area contributed by atoms with Crippen LogP contribution in [0.4, 0.5) is 10.1 Å². The first kappa shape index (κ1) is 16.2. The van der Waals surface area contributed by atoms with Gasteiger partial charge in [-0.1, -0.05) is 24.3 Å². The zero-order valence-electron chi connectivity index (χ0n) is 12.8. The predicted molar refractivity (Wildman–Crippen MR) is 85.3 cm³/mol. The van der Waals surface area contributed by atoms with E-state index in [1.807, 2.05) is 12.1 Å². The molecule has 4 heteroatoms. The molecule has 0 aromatic heterocycles. The number of aliphatic hydroxyl groups is 1. The maximum absolute atomic E-state index is 13.4. The van der Waals surface area contributed by atoms with E-state index >= 15 is 0 Å². The molecule has 0 heterocycles. The van der Waals surface area contributed by atoms with Crippen LogP contribution >= 0.6 is 0 Å². The molecule has 0 fully saturated rings. The molecule has 0 aliphatic rings. The zero-order chi connectivity index (χ0) is 16.2. The smallest absolute Gasteiger partial charge is 0.234 e. The van der Waals surface area contributed by atoms with Gasteiger partial charge in [-0.15, -0.1) is 0 Å². The van der Waals surface area contributed by atoms with Gasteiger partial charge in [0.2, 0.25) is 5.91 Å². The number of rotatable bonds is 5. The molecule has 0 unspecified atom stereocenters. The van der Waals surface area contributed by atoms with Crippen LogP contribution in [0.2, 0.25) is 0 Å². The van der Waals surface area contributed by atoms with Crippen molar-refractivity contribution in [2.75, 3.05) is 11.9 Å². The van der Waals surface area contributed by atoms with Crippen LogP contribution in [0.5, 0.6) is 0 Å². The fourth-order valence-electron chi connectivity index (χ4n) is 2.18. The summed E-state index contributed by atoms with van der Waals surface area (Å²) in [6.45, 7) is 3.62. The second-order valence-corrected chi connectivity index (χ2v) is 5.76. The molecule has 22 heavy (non-hydrogen) atoms. The summed E-state index contributed by atoms with van der Waals surface area (Å²) < 4.78 is 13.4. The molecule has 1 amide bonds. The number of carbonyl (C=O) groups excluding carboxylic acids is 1. The van der Waals surface area contributed by atoms with E-state index in [0.717, 1.165) is 5.56 Å². The molecule has 2 aromatic carbocycles. The summed E-state index contributed by atoms with van der Waals surface area (Å²) >= 11 is 0. The topological polar surface area (TPSA) is 49.3 Å². The summed E-state index contributed by atoms with van der Waals surface area (Å²) in [5.74, 6) is -0.556. The Hall–Kier alpha value is -2.20. The molecule has 0 saturated heterocycles. The van der Waals surface area contributed by atoms with Crippen molar-refractivity contribution in [3.8, 4) is 0 Å². The monoisotopic (exact) mass is 301 g/mol. The van der Waals surface area contributed by atoms with Gasteiger partial charge in [-0.3, -0.25) is 4.79 Å². The van der Waals surface area contributed by atoms with Gasteiger partial charge in [0, 0.05) is 12.3 Å². The molecule has 0 bridgehead atoms. The Labute approximate surface area is 129 Å². The molecule has 2 rings (SSSR count). The fourth-order valence-corrected chi connectivity index (χ4v) is 2.18. The highest BCUT2D eigenvalue weighted by Gasteiger charge is 2.30. The van der Waals surface area contributed by atoms with E-state index in [2.05, 4.69) is 5.32 Å². The molecule has 0 atom stereocenters. The van der Waals surface area contributed by atoms with Crippen molar-refractivity contribution in [1.29, 1.82) is 0 Å². The van der Waals surface area contributed by atoms with E-state index in [9.17, 15) is 9.18 Å². The quantitative estimate of drug-likeness (QED) is 0.890. The average Bonchev–Trinajstić information content (AvgIpc) is 2.49. The van der Waals surface area contributed by atoms with Gasteiger partial charge in [0.05, 0.1) is 5.41 Å². The Morgan fingerprint density at radius 3 is 2.45 bits per heavy atom. The van der Waals surface area contributed by atoms with Gasteiger partial charge in [0.1, 0.15) is 5.82 Å². The molecule has 0 radical (unpaired) electrons. The normalized spacial score (nSPS) is 11.3. The number of carbonyl (C=O) groups is 1. The van der Waals surface area contributed by atoms with Gasteiger partial charge < -0.3 is 10.4 Å². The molecule has 0 saturated carbocycles. The highest BCUT2D eigenvalue weighted by molar-refractivity contribution is 5.98. The van der Waals surface area contributed by atoms with Gasteiger partial charge in [-0.2, -0.15) is 0 Å². The van der Waals surface area contributed by atoms with Crippen molar-refractivity contribution in [3.63, 3.8) is 0 Å². The lowest BCUT2D eigenvalue weighted by atomic mass is 9.83. The first-order valence-corrected chi connectivity index (χ1v) is 7.21. The lowest BCUT2D eigenvalue weighted by Crippen LogP contribution is -2.34. The highest BCUT2D eigenvalue weighted by atomic mass is 19.1. The molecule has 116 valence electrons. The maximum atomic E-state index is 13.4. The largest absolute Gasteiger partial charge is 0.396 e. The number of hydrogen-bond donors (Lipinski definition) is 2. The Balaban J connectivity index is 2.13. The third-order valence-corrected chi connectivity index (χ3v) is 3.73. The molecule has 0 spiro atoms. The minimum absolute atomic E-state index is 0.0955. The summed E-state index contributed by atoms with van der Waals surface area (Å²) in [5.41, 5.74) is 1.47. The van der Waals surface area contributed by atoms with Crippen LogP contribution in [0.1, 0.15) is 25.0 Å². The molecule has 2 N–H and O–H groups in total. The third kappa shape index (κ3) is 3.71. The van der Waals surface area contributed by atoms with Crippen LogP contribution in [-0.2, 0) is 16.6 Å². The number of halogens is 1. The lowest BCUT2D eigenvalue weighted by molar-refractivity contribution is -0.120. The van der Waals surface area contributed by atoms with Gasteiger partial charge in [0.15, 0.2) is 0 Å². The van der Waals surface area contributed by atoms with Gasteiger partial charge in [-0.25, -0.2) is 4.39 Å². The first-order chi connectivity index (χ1) is 10.4. The van der Waals surface area contributed by atoms with Crippen LogP contribution in [0.3, 0.4) is 0 Å². The third-order valence-electron chi connectivity index (χ3n) is 3.73. The van der Waals surface area contributed by atoms with E-state index < -0.39 is 5.41 Å². The van der Waals surface area contributed by atoms with Crippen LogP contribution in [0.25, 0.3) is 0 Å². The Morgan fingerprint density at radius 2 is 1.86 bits per heavy atom. The lowest BCUT2D eigenvalue weighted by Gasteiger charge is -2.24. The minimum Gasteiger partial charge on any atom is -0.396 e. The van der Waals surface area contributed by atoms with E-state index in [1.54, 1.807) is 38.1 Å². The van der Waals surface area contributed by atoms with Gasteiger partial charge in [-0.05, 0) is 55.7 Å². The van der Waals surface area contributed by atoms with E-state index in [0.29, 0.717) is 17.7 Å². The molecule has 3 nitrogen and oxygen atoms in total. The maximum Gasteiger partial charge on any atom is 0.234 e. The SMILES string of the molecule is CC(C)(C(=O)Nc1ccc(CCO)cc1)c1cccc(F)c1. The number of hydrogen-bond acceptors (Lipinski definition) is 2. The van der Waals surface area contributed by atoms with E-state index in [1.165, 1.54) is 12.1 Å². The Bertz CT molecular complexity index is 650. The summed E-state index contributed by atoms with van der Waals surface area (Å²) in [7, 11) is 0. The van der Waals surface area contributed by atoms with Crippen molar-refractivity contribution >= 4 is 11.6 Å². The molecular weight excluding hydrogens is 281 g/mol. The minimum atomic E-state index is -0.841. The van der Waals surface area contributed by atoms with Crippen molar-refractivity contribution < 1.29 is 14.3 Å². The second kappa shape index (κ2) is 6.71. The number of nitrogens with one attached hydrogen (secondary N) is 1. The van der Waals surface area contributed by atoms with Gasteiger partial charge in [0.25, 0.3) is 0 Å². The average molecular weight is 301 g/mol. The molecule has 2 aromatic rings. The Kier molecular flexibility index (Phi) is 4.93. The van der Waals surface area contributed by atoms with Crippen molar-refractivity contribution in [2.45, 2.75) is 25.7 Å². The van der Waals surface area contributed by atoms with Crippen molar-refractivity contribution in [1.82, 2.24) is 0 Å². The molecule has 0 aliphatic carbocycles. The van der Waals surface area contributed by atoms with Crippen LogP contribution in [0.15, 0.2) is 48.5 Å². The van der Waals surface area contributed by atoms with E-state index in [-0.39, 0.29) is 18.3 Å². The summed E-state index contributed by atoms with van der Waals surface area (Å²) in [5, 5.41) is 11.7. The summed E-state index contributed by atoms with van der Waals surface area (Å²) in [6.07, 6.45) is 0.586. The zero-order valence-corrected chi connectivity index (χ0v) is 12.8. The predicted octanol–water partition coefficient (Wildman–Crippen LogP) is 3.28. The summed E-state index contributed by atoms with van der Waals surface area (Å²) in [4.78, 5) is 12.5. The van der Waals surface area contributed by atoms with Crippen LogP contribution in [0, 0.1) is 5.82 Å². The summed E-state index contributed by atoms with van der Waals surface area (Å²) in [6, 6.07) is 13.4. The molecule has 0 aliphatic heterocycles. The highest BCUT2D eigenvalue weighted by Crippen LogP contribution is 2.25. The van der Waals surface area contributed by atoms with Crippen LogP contribution in [-0.4, -0.2) is 17.6 Å². The number of anilines is 1. The standard InChI is InChI=1S/C18H20FNO2/c1-18(2,14-4-3-5-15(19)12-14)17(22)20-16-8-6-13(7-9-16)10-11-21/h3-9,12,21H,10-11H2,1-2H3,(H,20,22). The first-order valence-electron chi connectivity index (χ1n) is 7.21. The number of amides is 1. The second-order valence-electron chi connectivity index (χ2n) is 5.76. The van der Waals surface area contributed by atoms with Gasteiger partial charge >= 0.3 is 0 Å². The fraction of sp³-hybridized carbons (Fsp3) is 0.278. The Morgan fingerprint density at radius 1 is 1.18 bits per heavy atom. The van der Waals surface area contributed by atoms with Crippen molar-refractivity contribution in [3.05, 3.63) is 65.5 Å². The number of benzene rings is 2. The number of aliphatic hydroxyl groups excluding tert-OH is 1. The molecular formula is C18H20FNO2.